The fourth-order valence-electron chi connectivity index (χ4n) is 3.32. The van der Waals surface area contributed by atoms with Crippen LogP contribution in [0.3, 0.4) is 0 Å². The molecule has 1 aliphatic carbocycles. The van der Waals surface area contributed by atoms with Gasteiger partial charge >= 0.3 is 0 Å². The minimum Gasteiger partial charge on any atom is -0.353 e. The summed E-state index contributed by atoms with van der Waals surface area (Å²) in [6, 6.07) is 13.4. The van der Waals surface area contributed by atoms with E-state index in [0.29, 0.717) is 33.5 Å². The number of nitrogens with zero attached hydrogens (tertiary/aromatic N) is 4. The monoisotopic (exact) mass is 413 g/mol. The lowest BCUT2D eigenvalue weighted by Gasteiger charge is -2.12. The quantitative estimate of drug-likeness (QED) is 0.615. The molecule has 2 aromatic heterocycles. The molecule has 0 saturated heterocycles. The second-order valence-corrected chi connectivity index (χ2v) is 8.05. The number of pyridine rings is 1. The number of hydrogen-bond donors (Lipinski definition) is 1. The van der Waals surface area contributed by atoms with Gasteiger partial charge in [0.05, 0.1) is 5.75 Å². The maximum atomic E-state index is 12.3. The van der Waals surface area contributed by atoms with Gasteiger partial charge in [0.1, 0.15) is 5.69 Å². The van der Waals surface area contributed by atoms with Crippen LogP contribution in [-0.2, 0) is 4.79 Å². The van der Waals surface area contributed by atoms with E-state index in [0.717, 1.165) is 18.5 Å². The second-order valence-electron chi connectivity index (χ2n) is 6.67. The van der Waals surface area contributed by atoms with Crippen LogP contribution in [0.5, 0.6) is 0 Å². The summed E-state index contributed by atoms with van der Waals surface area (Å²) >= 11 is 7.41. The van der Waals surface area contributed by atoms with Crippen LogP contribution in [0.15, 0.2) is 53.8 Å². The molecule has 0 bridgehead atoms. The minimum atomic E-state index is 0.0296. The Morgan fingerprint density at radius 3 is 2.64 bits per heavy atom. The van der Waals surface area contributed by atoms with E-state index in [1.165, 1.54) is 24.6 Å². The van der Waals surface area contributed by atoms with Crippen LogP contribution in [0.25, 0.3) is 17.2 Å². The van der Waals surface area contributed by atoms with Crippen LogP contribution in [0.2, 0.25) is 5.02 Å². The zero-order chi connectivity index (χ0) is 19.3. The minimum absolute atomic E-state index is 0.0296. The summed E-state index contributed by atoms with van der Waals surface area (Å²) < 4.78 is 1.91. The molecule has 28 heavy (non-hydrogen) atoms. The van der Waals surface area contributed by atoms with Crippen LogP contribution >= 0.6 is 23.4 Å². The Morgan fingerprint density at radius 2 is 1.93 bits per heavy atom. The summed E-state index contributed by atoms with van der Waals surface area (Å²) in [5, 5.41) is 13.1. The Kier molecular flexibility index (Phi) is 5.92. The maximum absolute atomic E-state index is 12.3. The van der Waals surface area contributed by atoms with Crippen LogP contribution < -0.4 is 5.32 Å². The van der Waals surface area contributed by atoms with Crippen molar-refractivity contribution in [3.63, 3.8) is 0 Å². The number of hydrogen-bond acceptors (Lipinski definition) is 5. The van der Waals surface area contributed by atoms with Crippen molar-refractivity contribution >= 4 is 29.3 Å². The molecule has 2 heterocycles. The Labute approximate surface area is 172 Å². The molecule has 0 aliphatic heterocycles. The molecule has 8 heteroatoms. The molecule has 1 N–H and O–H groups in total. The highest BCUT2D eigenvalue weighted by Gasteiger charge is 2.20. The summed E-state index contributed by atoms with van der Waals surface area (Å²) in [5.41, 5.74) is 1.58. The number of rotatable bonds is 6. The maximum Gasteiger partial charge on any atom is 0.230 e. The number of aromatic nitrogens is 4. The normalized spacial score (nSPS) is 14.3. The van der Waals surface area contributed by atoms with Gasteiger partial charge in [-0.25, -0.2) is 0 Å². The third kappa shape index (κ3) is 4.36. The number of carbonyl (C=O) groups is 1. The molecule has 6 nitrogen and oxygen atoms in total. The third-order valence-corrected chi connectivity index (χ3v) is 5.85. The molecule has 4 rings (SSSR count). The number of carbonyl (C=O) groups excluding carboxylic acids is 1. The van der Waals surface area contributed by atoms with Crippen LogP contribution in [0, 0.1) is 0 Å². The van der Waals surface area contributed by atoms with Gasteiger partial charge in [0.15, 0.2) is 11.0 Å². The van der Waals surface area contributed by atoms with E-state index in [9.17, 15) is 4.79 Å². The summed E-state index contributed by atoms with van der Waals surface area (Å²) in [4.78, 5) is 16.7. The van der Waals surface area contributed by atoms with Crippen LogP contribution in [0.4, 0.5) is 0 Å². The first kappa shape index (κ1) is 19.0. The van der Waals surface area contributed by atoms with E-state index < -0.39 is 0 Å². The zero-order valence-electron chi connectivity index (χ0n) is 15.2. The van der Waals surface area contributed by atoms with Crippen LogP contribution in [0.1, 0.15) is 25.7 Å². The molecule has 1 saturated carbocycles. The Morgan fingerprint density at radius 1 is 1.14 bits per heavy atom. The molecule has 0 atom stereocenters. The number of thioether (sulfide) groups is 1. The molecule has 1 amide bonds. The molecule has 144 valence electrons. The van der Waals surface area contributed by atoms with Gasteiger partial charge in [-0.05, 0) is 49.2 Å². The van der Waals surface area contributed by atoms with Crippen molar-refractivity contribution in [3.8, 4) is 17.2 Å². The molecule has 1 fully saturated rings. The lowest BCUT2D eigenvalue weighted by molar-refractivity contribution is -0.119. The first-order chi connectivity index (χ1) is 13.7. The van der Waals surface area contributed by atoms with Crippen molar-refractivity contribution in [3.05, 3.63) is 53.7 Å². The van der Waals surface area contributed by atoms with E-state index in [1.54, 1.807) is 6.20 Å². The average molecular weight is 414 g/mol. The fraction of sp³-hybridized carbons (Fsp3) is 0.300. The molecular weight excluding hydrogens is 394 g/mol. The lowest BCUT2D eigenvalue weighted by atomic mass is 10.2. The summed E-state index contributed by atoms with van der Waals surface area (Å²) in [6.45, 7) is 0. The predicted molar refractivity (Wildman–Crippen MR) is 111 cm³/mol. The summed E-state index contributed by atoms with van der Waals surface area (Å²) in [7, 11) is 0. The van der Waals surface area contributed by atoms with Crippen molar-refractivity contribution in [2.75, 3.05) is 5.75 Å². The van der Waals surface area contributed by atoms with Gasteiger partial charge in [-0.15, -0.1) is 10.2 Å². The molecule has 0 radical (unpaired) electrons. The van der Waals surface area contributed by atoms with Crippen molar-refractivity contribution in [2.24, 2.45) is 0 Å². The third-order valence-electron chi connectivity index (χ3n) is 4.66. The second kappa shape index (κ2) is 8.75. The Hall–Kier alpha value is -2.38. The molecule has 0 unspecified atom stereocenters. The highest BCUT2D eigenvalue weighted by molar-refractivity contribution is 7.99. The standard InChI is InChI=1S/C20H20ClN5OS/c21-14-8-10-16(11-9-14)26-19(17-7-3-4-12-22-17)24-25-20(26)28-13-18(27)23-15-5-1-2-6-15/h3-4,7-12,15H,1-2,5-6,13H2,(H,23,27). The van der Waals surface area contributed by atoms with E-state index in [4.69, 9.17) is 11.6 Å². The van der Waals surface area contributed by atoms with Crippen molar-refractivity contribution in [1.82, 2.24) is 25.1 Å². The van der Waals surface area contributed by atoms with Crippen molar-refractivity contribution in [1.29, 1.82) is 0 Å². The smallest absolute Gasteiger partial charge is 0.230 e. The van der Waals surface area contributed by atoms with Crippen molar-refractivity contribution in [2.45, 2.75) is 36.9 Å². The Balaban J connectivity index is 1.58. The van der Waals surface area contributed by atoms with Crippen molar-refractivity contribution < 1.29 is 4.79 Å². The summed E-state index contributed by atoms with van der Waals surface area (Å²) in [6.07, 6.45) is 6.24. The van der Waals surface area contributed by atoms with Gasteiger partial charge in [0, 0.05) is 22.9 Å². The highest BCUT2D eigenvalue weighted by atomic mass is 35.5. The molecule has 1 aromatic carbocycles. The van der Waals surface area contributed by atoms with E-state index in [2.05, 4.69) is 20.5 Å². The molecule has 0 spiro atoms. The molecule has 1 aliphatic rings. The number of benzene rings is 1. The zero-order valence-corrected chi connectivity index (χ0v) is 16.8. The van der Waals surface area contributed by atoms with E-state index in [-0.39, 0.29) is 5.91 Å². The first-order valence-corrected chi connectivity index (χ1v) is 10.6. The van der Waals surface area contributed by atoms with Gasteiger partial charge in [0.2, 0.25) is 5.91 Å². The van der Waals surface area contributed by atoms with E-state index >= 15 is 0 Å². The highest BCUT2D eigenvalue weighted by Crippen LogP contribution is 2.28. The molecule has 3 aromatic rings. The van der Waals surface area contributed by atoms with Crippen LogP contribution in [-0.4, -0.2) is 37.5 Å². The Bertz CT molecular complexity index is 939. The number of halogens is 1. The molecular formula is C20H20ClN5OS. The first-order valence-electron chi connectivity index (χ1n) is 9.25. The summed E-state index contributed by atoms with van der Waals surface area (Å²) in [5.74, 6) is 0.952. The predicted octanol–water partition coefficient (Wildman–Crippen LogP) is 4.13. The topological polar surface area (TPSA) is 72.7 Å². The van der Waals surface area contributed by atoms with Gasteiger partial charge in [-0.1, -0.05) is 42.3 Å². The van der Waals surface area contributed by atoms with Gasteiger partial charge < -0.3 is 5.32 Å². The average Bonchev–Trinajstić information content (AvgIpc) is 3.37. The SMILES string of the molecule is O=C(CSc1nnc(-c2ccccn2)n1-c1ccc(Cl)cc1)NC1CCCC1. The van der Waals surface area contributed by atoms with Gasteiger partial charge in [0.25, 0.3) is 0 Å². The van der Waals surface area contributed by atoms with Gasteiger partial charge in [-0.2, -0.15) is 0 Å². The number of nitrogens with one attached hydrogen (secondary N) is 1. The van der Waals surface area contributed by atoms with E-state index in [1.807, 2.05) is 47.0 Å². The lowest BCUT2D eigenvalue weighted by Crippen LogP contribution is -2.33. The van der Waals surface area contributed by atoms with Gasteiger partial charge in [-0.3, -0.25) is 14.3 Å². The largest absolute Gasteiger partial charge is 0.353 e. The fourth-order valence-corrected chi connectivity index (χ4v) is 4.21. The number of amides is 1.